The van der Waals surface area contributed by atoms with E-state index < -0.39 is 24.3 Å². The first kappa shape index (κ1) is 23.3. The standard InChI is InChI=1S/C26H20F2N6O5/c1-32-17-8-14(3-2-13(17)9-20(32)35)22-23-24(30-12-29-23)25(37)33(31-22)11-21(36)34(15-4-5-15)16-6-7-18-19(10-16)39-26(27,28)38-18/h2-3,6-8,10,12,15H,4-5,9,11H2,1H3,(H,29,30). The zero-order valence-electron chi connectivity index (χ0n) is 20.5. The fourth-order valence-electron chi connectivity index (χ4n) is 5.06. The van der Waals surface area contributed by atoms with Crippen LogP contribution in [0.3, 0.4) is 0 Å². The number of fused-ring (bicyclic) bond motifs is 3. The number of carbonyl (C=O) groups excluding carboxylic acids is 2. The molecule has 11 nitrogen and oxygen atoms in total. The molecule has 2 aromatic heterocycles. The second kappa shape index (κ2) is 8.09. The number of carbonyl (C=O) groups is 2. The van der Waals surface area contributed by atoms with Crippen LogP contribution in [0.1, 0.15) is 18.4 Å². The van der Waals surface area contributed by atoms with Crippen LogP contribution in [0.15, 0.2) is 47.5 Å². The fraction of sp³-hybridized carbons (Fsp3) is 0.269. The molecule has 0 radical (unpaired) electrons. The first-order valence-corrected chi connectivity index (χ1v) is 12.2. The van der Waals surface area contributed by atoms with Crippen molar-refractivity contribution >= 4 is 34.2 Å². The lowest BCUT2D eigenvalue weighted by atomic mass is 10.1. The van der Waals surface area contributed by atoms with E-state index in [4.69, 9.17) is 0 Å². The van der Waals surface area contributed by atoms with Gasteiger partial charge in [-0.05, 0) is 36.6 Å². The number of aromatic nitrogens is 4. The summed E-state index contributed by atoms with van der Waals surface area (Å²) in [6.07, 6.45) is -0.637. The normalized spacial score (nSPS) is 17.1. The highest BCUT2D eigenvalue weighted by molar-refractivity contribution is 6.02. The van der Waals surface area contributed by atoms with Gasteiger partial charge in [0.05, 0.1) is 18.3 Å². The molecular weight excluding hydrogens is 514 g/mol. The van der Waals surface area contributed by atoms with Crippen molar-refractivity contribution in [2.45, 2.75) is 38.1 Å². The van der Waals surface area contributed by atoms with Gasteiger partial charge in [0.15, 0.2) is 17.0 Å². The van der Waals surface area contributed by atoms with Crippen LogP contribution in [0.2, 0.25) is 0 Å². The molecule has 4 aromatic rings. The van der Waals surface area contributed by atoms with Crippen LogP contribution in [0.5, 0.6) is 11.5 Å². The van der Waals surface area contributed by atoms with E-state index in [1.807, 2.05) is 18.2 Å². The Bertz CT molecular complexity index is 1760. The number of nitrogens with one attached hydrogen (secondary N) is 1. The average Bonchev–Trinajstić information content (AvgIpc) is 3.38. The number of nitrogens with zero attached hydrogens (tertiary/aromatic N) is 5. The number of hydrogen-bond donors (Lipinski definition) is 1. The minimum absolute atomic E-state index is 0.0234. The van der Waals surface area contributed by atoms with Gasteiger partial charge in [-0.2, -0.15) is 5.10 Å². The lowest BCUT2D eigenvalue weighted by molar-refractivity contribution is -0.286. The van der Waals surface area contributed by atoms with Crippen molar-refractivity contribution in [3.05, 3.63) is 58.6 Å². The molecule has 0 saturated heterocycles. The summed E-state index contributed by atoms with van der Waals surface area (Å²) < 4.78 is 37.1. The largest absolute Gasteiger partial charge is 0.586 e. The van der Waals surface area contributed by atoms with Gasteiger partial charge in [-0.1, -0.05) is 12.1 Å². The number of benzene rings is 2. The Labute approximate surface area is 218 Å². The highest BCUT2D eigenvalue weighted by atomic mass is 19.3. The molecule has 2 amide bonds. The number of imidazole rings is 1. The van der Waals surface area contributed by atoms with Gasteiger partial charge >= 0.3 is 6.29 Å². The van der Waals surface area contributed by atoms with Crippen molar-refractivity contribution in [2.24, 2.45) is 0 Å². The third-order valence-corrected chi connectivity index (χ3v) is 7.10. The maximum Gasteiger partial charge on any atom is 0.586 e. The van der Waals surface area contributed by atoms with Crippen LogP contribution in [-0.4, -0.2) is 50.9 Å². The van der Waals surface area contributed by atoms with Gasteiger partial charge < -0.3 is 24.3 Å². The van der Waals surface area contributed by atoms with E-state index in [1.165, 1.54) is 29.4 Å². The smallest absolute Gasteiger partial charge is 0.395 e. The van der Waals surface area contributed by atoms with Crippen molar-refractivity contribution in [3.63, 3.8) is 0 Å². The predicted molar refractivity (Wildman–Crippen MR) is 134 cm³/mol. The summed E-state index contributed by atoms with van der Waals surface area (Å²) in [7, 11) is 1.69. The van der Waals surface area contributed by atoms with Crippen molar-refractivity contribution < 1.29 is 27.8 Å². The summed E-state index contributed by atoms with van der Waals surface area (Å²) in [5, 5.41) is 4.52. The Balaban J connectivity index is 1.25. The van der Waals surface area contributed by atoms with Crippen molar-refractivity contribution in [1.29, 1.82) is 0 Å². The number of H-pyrrole nitrogens is 1. The number of rotatable bonds is 5. The molecule has 198 valence electrons. The Morgan fingerprint density at radius 3 is 2.74 bits per heavy atom. The molecule has 1 saturated carbocycles. The molecule has 0 atom stereocenters. The number of ether oxygens (including phenoxy) is 2. The SMILES string of the molecule is CN1C(=O)Cc2ccc(-c3nn(CC(=O)N(c4ccc5c(c4)OC(F)(F)O5)C4CC4)c(=O)c4nc[nH]c34)cc21. The third-order valence-electron chi connectivity index (χ3n) is 7.10. The Morgan fingerprint density at radius 1 is 1.15 bits per heavy atom. The van der Waals surface area contributed by atoms with Crippen LogP contribution in [0, 0.1) is 0 Å². The molecule has 39 heavy (non-hydrogen) atoms. The zero-order valence-corrected chi connectivity index (χ0v) is 20.5. The number of hydrogen-bond acceptors (Lipinski definition) is 7. The van der Waals surface area contributed by atoms with Gasteiger partial charge in [-0.3, -0.25) is 14.4 Å². The number of likely N-dealkylation sites (N-methyl/N-ethyl adjacent to an activating group) is 1. The second-order valence-electron chi connectivity index (χ2n) is 9.70. The molecule has 2 aromatic carbocycles. The summed E-state index contributed by atoms with van der Waals surface area (Å²) in [6.45, 7) is -0.404. The molecule has 2 aliphatic heterocycles. The molecule has 1 N–H and O–H groups in total. The minimum atomic E-state index is -3.78. The molecule has 0 bridgehead atoms. The van der Waals surface area contributed by atoms with Gasteiger partial charge in [0.25, 0.3) is 5.56 Å². The molecule has 0 unspecified atom stereocenters. The molecule has 7 rings (SSSR count). The van der Waals surface area contributed by atoms with Crippen molar-refractivity contribution in [1.82, 2.24) is 19.7 Å². The summed E-state index contributed by atoms with van der Waals surface area (Å²) in [5.74, 6) is -0.769. The maximum absolute atomic E-state index is 13.6. The van der Waals surface area contributed by atoms with Crippen LogP contribution < -0.4 is 24.8 Å². The number of halogens is 2. The van der Waals surface area contributed by atoms with Crippen molar-refractivity contribution in [3.8, 4) is 22.8 Å². The van der Waals surface area contributed by atoms with Crippen LogP contribution >= 0.6 is 0 Å². The topological polar surface area (TPSA) is 123 Å². The number of alkyl halides is 2. The zero-order chi connectivity index (χ0) is 27.1. The lowest BCUT2D eigenvalue weighted by Crippen LogP contribution is -2.39. The summed E-state index contributed by atoms with van der Waals surface area (Å²) in [4.78, 5) is 49.1. The fourth-order valence-corrected chi connectivity index (χ4v) is 5.06. The van der Waals surface area contributed by atoms with Crippen LogP contribution in [-0.2, 0) is 22.6 Å². The van der Waals surface area contributed by atoms with Crippen LogP contribution in [0.4, 0.5) is 20.2 Å². The van der Waals surface area contributed by atoms with E-state index in [-0.39, 0.29) is 29.0 Å². The van der Waals surface area contributed by atoms with E-state index >= 15 is 0 Å². The molecule has 13 heteroatoms. The van der Waals surface area contributed by atoms with E-state index in [1.54, 1.807) is 11.9 Å². The molecule has 1 fully saturated rings. The van der Waals surface area contributed by atoms with E-state index in [0.717, 1.165) is 28.8 Å². The lowest BCUT2D eigenvalue weighted by Gasteiger charge is -2.23. The predicted octanol–water partition coefficient (Wildman–Crippen LogP) is 2.82. The minimum Gasteiger partial charge on any atom is -0.395 e. The Kier molecular flexibility index (Phi) is 4.84. The maximum atomic E-state index is 13.6. The van der Waals surface area contributed by atoms with Gasteiger partial charge in [-0.25, -0.2) is 9.67 Å². The first-order valence-electron chi connectivity index (χ1n) is 12.2. The second-order valence-corrected chi connectivity index (χ2v) is 9.70. The first-order chi connectivity index (χ1) is 18.7. The molecule has 4 heterocycles. The molecule has 0 spiro atoms. The molecule has 1 aliphatic carbocycles. The summed E-state index contributed by atoms with van der Waals surface area (Å²) in [5.41, 5.74) is 2.98. The van der Waals surface area contributed by atoms with Gasteiger partial charge in [0.1, 0.15) is 12.2 Å². The monoisotopic (exact) mass is 534 g/mol. The highest BCUT2D eigenvalue weighted by Crippen LogP contribution is 2.44. The number of aromatic amines is 1. The number of amides is 2. The van der Waals surface area contributed by atoms with E-state index in [9.17, 15) is 23.2 Å². The average molecular weight is 534 g/mol. The Morgan fingerprint density at radius 2 is 1.95 bits per heavy atom. The molecule has 3 aliphatic rings. The highest BCUT2D eigenvalue weighted by Gasteiger charge is 2.44. The summed E-state index contributed by atoms with van der Waals surface area (Å²) in [6, 6.07) is 9.47. The van der Waals surface area contributed by atoms with Gasteiger partial charge in [-0.15, -0.1) is 8.78 Å². The van der Waals surface area contributed by atoms with E-state index in [0.29, 0.717) is 28.9 Å². The van der Waals surface area contributed by atoms with E-state index in [2.05, 4.69) is 24.5 Å². The van der Waals surface area contributed by atoms with Crippen LogP contribution in [0.25, 0.3) is 22.3 Å². The molecular formula is C26H20F2N6O5. The van der Waals surface area contributed by atoms with Gasteiger partial charge in [0.2, 0.25) is 11.8 Å². The Hall–Kier alpha value is -4.81. The van der Waals surface area contributed by atoms with Gasteiger partial charge in [0, 0.05) is 36.1 Å². The van der Waals surface area contributed by atoms with Crippen molar-refractivity contribution in [2.75, 3.05) is 16.8 Å². The number of anilines is 2. The third kappa shape index (κ3) is 3.80. The quantitative estimate of drug-likeness (QED) is 0.418. The summed E-state index contributed by atoms with van der Waals surface area (Å²) >= 11 is 0.